The van der Waals surface area contributed by atoms with Gasteiger partial charge in [-0.25, -0.2) is 0 Å². The van der Waals surface area contributed by atoms with E-state index in [2.05, 4.69) is 15.5 Å². The maximum absolute atomic E-state index is 11.4. The number of aromatic nitrogens is 3. The van der Waals surface area contributed by atoms with Crippen molar-refractivity contribution in [2.45, 2.75) is 30.5 Å². The molecule has 1 amide bonds. The molecule has 1 atom stereocenters. The number of carbonyl (C=O) groups excluding carboxylic acids is 1. The molecule has 0 aromatic carbocycles. The van der Waals surface area contributed by atoms with E-state index in [4.69, 9.17) is 5.73 Å². The molecule has 0 saturated heterocycles. The monoisotopic (exact) mass is 293 g/mol. The second kappa shape index (κ2) is 6.23. The van der Waals surface area contributed by atoms with Crippen molar-refractivity contribution in [3.63, 3.8) is 0 Å². The molecule has 7 heteroatoms. The van der Waals surface area contributed by atoms with Crippen LogP contribution in [0.4, 0.5) is 0 Å². The van der Waals surface area contributed by atoms with Crippen LogP contribution in [0.1, 0.15) is 19.8 Å². The number of primary amides is 1. The van der Waals surface area contributed by atoms with Crippen LogP contribution in [-0.4, -0.2) is 38.8 Å². The third-order valence-corrected chi connectivity index (χ3v) is 4.46. The average Bonchev–Trinajstić information content (AvgIpc) is 2.86. The van der Waals surface area contributed by atoms with Crippen LogP contribution in [-0.2, 0) is 4.79 Å². The van der Waals surface area contributed by atoms with Crippen LogP contribution in [0.15, 0.2) is 29.6 Å². The van der Waals surface area contributed by atoms with Crippen molar-refractivity contribution >= 4 is 23.3 Å². The van der Waals surface area contributed by atoms with Crippen LogP contribution in [0.5, 0.6) is 0 Å². The minimum atomic E-state index is -0.645. The van der Waals surface area contributed by atoms with Crippen molar-refractivity contribution in [3.8, 4) is 0 Å². The fourth-order valence-corrected chi connectivity index (χ4v) is 2.74. The summed E-state index contributed by atoms with van der Waals surface area (Å²) >= 11 is 1.63. The number of hydrogen-bond donors (Lipinski definition) is 2. The highest BCUT2D eigenvalue weighted by Gasteiger charge is 2.28. The zero-order chi connectivity index (χ0) is 14.6. The Hall–Kier alpha value is -1.60. The minimum Gasteiger partial charge on any atom is -0.368 e. The van der Waals surface area contributed by atoms with E-state index in [1.165, 1.54) is 0 Å². The van der Waals surface area contributed by atoms with Gasteiger partial charge in [0.1, 0.15) is 0 Å². The first-order valence-corrected chi connectivity index (χ1v) is 7.47. The first-order chi connectivity index (χ1) is 9.57. The summed E-state index contributed by atoms with van der Waals surface area (Å²) in [4.78, 5) is 11.4. The molecule has 0 aliphatic rings. The SMILES string of the molecule is CNC(C)(CCCSc1nnc2ccccn12)C(N)=O. The third kappa shape index (κ3) is 3.10. The summed E-state index contributed by atoms with van der Waals surface area (Å²) in [5, 5.41) is 12.1. The molecule has 0 radical (unpaired) electrons. The average molecular weight is 293 g/mol. The number of amides is 1. The predicted octanol–water partition coefficient (Wildman–Crippen LogP) is 1.06. The van der Waals surface area contributed by atoms with Crippen molar-refractivity contribution < 1.29 is 4.79 Å². The van der Waals surface area contributed by atoms with Gasteiger partial charge in [-0.2, -0.15) is 0 Å². The summed E-state index contributed by atoms with van der Waals surface area (Å²) in [6.45, 7) is 1.83. The van der Waals surface area contributed by atoms with E-state index in [0.717, 1.165) is 23.0 Å². The van der Waals surface area contributed by atoms with Gasteiger partial charge in [0.05, 0.1) is 5.54 Å². The molecule has 2 rings (SSSR count). The molecule has 2 heterocycles. The van der Waals surface area contributed by atoms with Gasteiger partial charge in [-0.05, 0) is 38.9 Å². The fourth-order valence-electron chi connectivity index (χ4n) is 1.88. The molecule has 6 nitrogen and oxygen atoms in total. The number of pyridine rings is 1. The Morgan fingerprint density at radius 3 is 3.00 bits per heavy atom. The normalized spacial score (nSPS) is 14.3. The minimum absolute atomic E-state index is 0.321. The van der Waals surface area contributed by atoms with E-state index in [-0.39, 0.29) is 5.91 Å². The first-order valence-electron chi connectivity index (χ1n) is 6.48. The number of thioether (sulfide) groups is 1. The van der Waals surface area contributed by atoms with Crippen LogP contribution in [0, 0.1) is 0 Å². The fraction of sp³-hybridized carbons (Fsp3) is 0.462. The molecule has 0 aliphatic carbocycles. The second-order valence-corrected chi connectivity index (χ2v) is 5.87. The number of rotatable bonds is 7. The number of nitrogens with two attached hydrogens (primary N) is 1. The maximum atomic E-state index is 11.4. The van der Waals surface area contributed by atoms with Crippen molar-refractivity contribution in [1.82, 2.24) is 19.9 Å². The third-order valence-electron chi connectivity index (χ3n) is 3.43. The number of hydrogen-bond acceptors (Lipinski definition) is 5. The molecule has 0 aliphatic heterocycles. The van der Waals surface area contributed by atoms with Crippen LogP contribution < -0.4 is 11.1 Å². The van der Waals surface area contributed by atoms with Gasteiger partial charge in [0.15, 0.2) is 10.8 Å². The number of likely N-dealkylation sites (N-methyl/N-ethyl adjacent to an activating group) is 1. The molecule has 0 bridgehead atoms. The zero-order valence-corrected chi connectivity index (χ0v) is 12.5. The molecule has 3 N–H and O–H groups in total. The van der Waals surface area contributed by atoms with E-state index in [1.807, 2.05) is 35.7 Å². The Morgan fingerprint density at radius 1 is 1.50 bits per heavy atom. The highest BCUT2D eigenvalue weighted by atomic mass is 32.2. The number of nitrogens with zero attached hydrogens (tertiary/aromatic N) is 3. The van der Waals surface area contributed by atoms with Gasteiger partial charge in [-0.15, -0.1) is 10.2 Å². The summed E-state index contributed by atoms with van der Waals surface area (Å²) in [5.41, 5.74) is 5.59. The van der Waals surface area contributed by atoms with E-state index in [1.54, 1.807) is 18.8 Å². The summed E-state index contributed by atoms with van der Waals surface area (Å²) in [6.07, 6.45) is 3.51. The molecular formula is C13H19N5OS. The maximum Gasteiger partial charge on any atom is 0.237 e. The Balaban J connectivity index is 1.89. The van der Waals surface area contributed by atoms with Gasteiger partial charge in [-0.1, -0.05) is 17.8 Å². The van der Waals surface area contributed by atoms with Gasteiger partial charge in [-0.3, -0.25) is 9.20 Å². The molecule has 0 saturated carbocycles. The van der Waals surface area contributed by atoms with Crippen molar-refractivity contribution in [1.29, 1.82) is 0 Å². The Bertz CT molecular complexity index is 599. The molecule has 0 spiro atoms. The molecule has 2 aromatic heterocycles. The number of carbonyl (C=O) groups is 1. The molecule has 2 aromatic rings. The van der Waals surface area contributed by atoms with Gasteiger partial charge in [0.2, 0.25) is 5.91 Å². The van der Waals surface area contributed by atoms with E-state index >= 15 is 0 Å². The highest BCUT2D eigenvalue weighted by molar-refractivity contribution is 7.99. The van der Waals surface area contributed by atoms with Gasteiger partial charge in [0.25, 0.3) is 0 Å². The van der Waals surface area contributed by atoms with Gasteiger partial charge in [0, 0.05) is 11.9 Å². The second-order valence-electron chi connectivity index (χ2n) is 4.81. The summed E-state index contributed by atoms with van der Waals surface area (Å²) in [6, 6.07) is 5.80. The van der Waals surface area contributed by atoms with Crippen LogP contribution in [0.3, 0.4) is 0 Å². The number of fused-ring (bicyclic) bond motifs is 1. The standard InChI is InChI=1S/C13H19N5OS/c1-13(15-2,11(14)19)7-5-9-20-12-17-16-10-6-3-4-8-18(10)12/h3-4,6,8,15H,5,7,9H2,1-2H3,(H2,14,19). The molecule has 0 fully saturated rings. The lowest BCUT2D eigenvalue weighted by atomic mass is 9.96. The van der Waals surface area contributed by atoms with Crippen molar-refractivity contribution in [2.24, 2.45) is 5.73 Å². The summed E-state index contributed by atoms with van der Waals surface area (Å²) < 4.78 is 1.95. The van der Waals surface area contributed by atoms with E-state index < -0.39 is 5.54 Å². The van der Waals surface area contributed by atoms with Crippen molar-refractivity contribution in [3.05, 3.63) is 24.4 Å². The topological polar surface area (TPSA) is 85.3 Å². The van der Waals surface area contributed by atoms with Crippen molar-refractivity contribution in [2.75, 3.05) is 12.8 Å². The zero-order valence-electron chi connectivity index (χ0n) is 11.7. The molecule has 108 valence electrons. The lowest BCUT2D eigenvalue weighted by Gasteiger charge is -2.25. The Kier molecular flexibility index (Phi) is 4.61. The Labute approximate surface area is 122 Å². The van der Waals surface area contributed by atoms with Crippen LogP contribution in [0.25, 0.3) is 5.65 Å². The Morgan fingerprint density at radius 2 is 2.30 bits per heavy atom. The largest absolute Gasteiger partial charge is 0.368 e. The van der Waals surface area contributed by atoms with E-state index in [9.17, 15) is 4.79 Å². The lowest BCUT2D eigenvalue weighted by molar-refractivity contribution is -0.123. The van der Waals surface area contributed by atoms with Crippen LogP contribution >= 0.6 is 11.8 Å². The first kappa shape index (κ1) is 14.8. The molecule has 1 unspecified atom stereocenters. The summed E-state index contributed by atoms with van der Waals surface area (Å²) in [5.74, 6) is 0.540. The predicted molar refractivity (Wildman–Crippen MR) is 79.6 cm³/mol. The van der Waals surface area contributed by atoms with Gasteiger partial charge >= 0.3 is 0 Å². The smallest absolute Gasteiger partial charge is 0.237 e. The molecule has 20 heavy (non-hydrogen) atoms. The molecular weight excluding hydrogens is 274 g/mol. The van der Waals surface area contributed by atoms with E-state index in [0.29, 0.717) is 6.42 Å². The van der Waals surface area contributed by atoms with Gasteiger partial charge < -0.3 is 11.1 Å². The number of nitrogens with one attached hydrogen (secondary N) is 1. The lowest BCUT2D eigenvalue weighted by Crippen LogP contribution is -2.51. The highest BCUT2D eigenvalue weighted by Crippen LogP contribution is 2.20. The van der Waals surface area contributed by atoms with Crippen LogP contribution in [0.2, 0.25) is 0 Å². The quantitative estimate of drug-likeness (QED) is 0.589. The summed E-state index contributed by atoms with van der Waals surface area (Å²) in [7, 11) is 1.75.